The molecule has 1 amide bonds. The van der Waals surface area contributed by atoms with Crippen LogP contribution in [0.3, 0.4) is 0 Å². The molecule has 0 atom stereocenters. The van der Waals surface area contributed by atoms with Gasteiger partial charge in [0.15, 0.2) is 0 Å². The Morgan fingerprint density at radius 1 is 1.25 bits per heavy atom. The van der Waals surface area contributed by atoms with Gasteiger partial charge in [-0.15, -0.1) is 0 Å². The maximum Gasteiger partial charge on any atom is 0.248 e. The summed E-state index contributed by atoms with van der Waals surface area (Å²) in [6.07, 6.45) is 0. The van der Waals surface area contributed by atoms with Crippen molar-refractivity contribution < 1.29 is 13.9 Å². The third-order valence-electron chi connectivity index (χ3n) is 2.70. The van der Waals surface area contributed by atoms with Crippen molar-refractivity contribution in [1.29, 1.82) is 0 Å². The molecule has 0 unspecified atom stereocenters. The molecule has 0 bridgehead atoms. The van der Waals surface area contributed by atoms with E-state index in [-0.39, 0.29) is 12.3 Å². The smallest absolute Gasteiger partial charge is 0.248 e. The van der Waals surface area contributed by atoms with Gasteiger partial charge in [0.25, 0.3) is 0 Å². The molecule has 0 saturated heterocycles. The summed E-state index contributed by atoms with van der Waals surface area (Å²) in [5.41, 5.74) is 11.6. The fraction of sp³-hybridized carbons (Fsp3) is 0.0714. The minimum atomic E-state index is -0.556. The Hall–Kier alpha value is -2.27. The highest BCUT2D eigenvalue weighted by Crippen LogP contribution is 2.22. The Balaban J connectivity index is 2.10. The lowest BCUT2D eigenvalue weighted by atomic mass is 10.1. The van der Waals surface area contributed by atoms with Crippen LogP contribution in [0.4, 0.5) is 10.1 Å². The van der Waals surface area contributed by atoms with E-state index in [2.05, 4.69) is 0 Å². The molecule has 2 aromatic rings. The second kappa shape index (κ2) is 5.79. The molecule has 0 aromatic heterocycles. The van der Waals surface area contributed by atoms with Gasteiger partial charge in [-0.1, -0.05) is 17.7 Å². The van der Waals surface area contributed by atoms with Gasteiger partial charge in [-0.2, -0.15) is 0 Å². The molecule has 0 saturated carbocycles. The van der Waals surface area contributed by atoms with Gasteiger partial charge < -0.3 is 16.2 Å². The fourth-order valence-corrected chi connectivity index (χ4v) is 1.81. The summed E-state index contributed by atoms with van der Waals surface area (Å²) in [5.74, 6) is -0.760. The zero-order valence-electron chi connectivity index (χ0n) is 10.4. The molecule has 0 aliphatic rings. The summed E-state index contributed by atoms with van der Waals surface area (Å²) in [6.45, 7) is 0.140. The highest BCUT2D eigenvalue weighted by atomic mass is 35.5. The fourth-order valence-electron chi connectivity index (χ4n) is 1.58. The average molecular weight is 295 g/mol. The second-order valence-corrected chi connectivity index (χ2v) is 4.55. The van der Waals surface area contributed by atoms with Crippen molar-refractivity contribution in [2.45, 2.75) is 6.61 Å². The van der Waals surface area contributed by atoms with Crippen molar-refractivity contribution >= 4 is 23.2 Å². The standard InChI is InChI=1S/C14H12ClFN2O2/c15-11-5-8(14(18)19)1-2-9(11)7-20-10-3-4-13(17)12(16)6-10/h1-6H,7,17H2,(H2,18,19). The summed E-state index contributed by atoms with van der Waals surface area (Å²) in [5, 5.41) is 0.359. The minimum absolute atomic E-state index is 0.0567. The summed E-state index contributed by atoms with van der Waals surface area (Å²) in [6, 6.07) is 8.83. The molecular weight excluding hydrogens is 283 g/mol. The van der Waals surface area contributed by atoms with E-state index in [1.54, 1.807) is 18.2 Å². The summed E-state index contributed by atoms with van der Waals surface area (Å²) < 4.78 is 18.7. The van der Waals surface area contributed by atoms with Crippen LogP contribution in [-0.4, -0.2) is 5.91 Å². The normalized spacial score (nSPS) is 10.3. The quantitative estimate of drug-likeness (QED) is 0.851. The SMILES string of the molecule is NC(=O)c1ccc(COc2ccc(N)c(F)c2)c(Cl)c1. The molecule has 6 heteroatoms. The van der Waals surface area contributed by atoms with Crippen molar-refractivity contribution in [2.24, 2.45) is 5.73 Å². The van der Waals surface area contributed by atoms with Gasteiger partial charge in [-0.25, -0.2) is 4.39 Å². The third kappa shape index (κ3) is 3.19. The Bertz CT molecular complexity index is 662. The van der Waals surface area contributed by atoms with Gasteiger partial charge in [0, 0.05) is 22.2 Å². The van der Waals surface area contributed by atoms with Crippen LogP contribution in [-0.2, 0) is 6.61 Å². The predicted molar refractivity (Wildman–Crippen MR) is 75.1 cm³/mol. The number of hydrogen-bond acceptors (Lipinski definition) is 3. The summed E-state index contributed by atoms with van der Waals surface area (Å²) in [4.78, 5) is 11.0. The van der Waals surface area contributed by atoms with Crippen LogP contribution in [0.5, 0.6) is 5.75 Å². The first kappa shape index (κ1) is 14.1. The first-order valence-corrected chi connectivity index (χ1v) is 6.11. The van der Waals surface area contributed by atoms with Crippen molar-refractivity contribution in [1.82, 2.24) is 0 Å². The van der Waals surface area contributed by atoms with E-state index in [0.29, 0.717) is 21.9 Å². The maximum absolute atomic E-state index is 13.2. The number of halogens is 2. The number of ether oxygens (including phenoxy) is 1. The number of nitrogen functional groups attached to an aromatic ring is 1. The second-order valence-electron chi connectivity index (χ2n) is 4.14. The lowest BCUT2D eigenvalue weighted by Gasteiger charge is -2.09. The highest BCUT2D eigenvalue weighted by Gasteiger charge is 2.07. The van der Waals surface area contributed by atoms with E-state index in [1.165, 1.54) is 18.2 Å². The lowest BCUT2D eigenvalue weighted by Crippen LogP contribution is -2.11. The van der Waals surface area contributed by atoms with Crippen LogP contribution in [0.15, 0.2) is 36.4 Å². The van der Waals surface area contributed by atoms with Gasteiger partial charge in [0.1, 0.15) is 18.2 Å². The number of primary amides is 1. The lowest BCUT2D eigenvalue weighted by molar-refractivity contribution is 0.1000. The Kier molecular flexibility index (Phi) is 4.10. The van der Waals surface area contributed by atoms with E-state index >= 15 is 0 Å². The molecule has 4 N–H and O–H groups in total. The number of amides is 1. The molecule has 0 aliphatic carbocycles. The molecule has 2 aromatic carbocycles. The maximum atomic E-state index is 13.2. The number of anilines is 1. The molecule has 0 fully saturated rings. The largest absolute Gasteiger partial charge is 0.489 e. The zero-order chi connectivity index (χ0) is 14.7. The third-order valence-corrected chi connectivity index (χ3v) is 3.06. The van der Waals surface area contributed by atoms with Crippen LogP contribution < -0.4 is 16.2 Å². The molecule has 0 aliphatic heterocycles. The van der Waals surface area contributed by atoms with E-state index in [4.69, 9.17) is 27.8 Å². The van der Waals surface area contributed by atoms with Gasteiger partial charge in [0.2, 0.25) is 5.91 Å². The van der Waals surface area contributed by atoms with Crippen molar-refractivity contribution in [3.63, 3.8) is 0 Å². The van der Waals surface area contributed by atoms with Crippen LogP contribution >= 0.6 is 11.6 Å². The summed E-state index contributed by atoms with van der Waals surface area (Å²) in [7, 11) is 0. The van der Waals surface area contributed by atoms with E-state index in [1.807, 2.05) is 0 Å². The van der Waals surface area contributed by atoms with Gasteiger partial charge >= 0.3 is 0 Å². The minimum Gasteiger partial charge on any atom is -0.489 e. The number of carbonyl (C=O) groups is 1. The number of carbonyl (C=O) groups excluding carboxylic acids is 1. The summed E-state index contributed by atoms with van der Waals surface area (Å²) >= 11 is 6.01. The van der Waals surface area contributed by atoms with Crippen LogP contribution in [0.1, 0.15) is 15.9 Å². The number of rotatable bonds is 4. The molecule has 4 nitrogen and oxygen atoms in total. The Morgan fingerprint density at radius 3 is 2.60 bits per heavy atom. The van der Waals surface area contributed by atoms with Crippen LogP contribution in [0, 0.1) is 5.82 Å². The number of hydrogen-bond donors (Lipinski definition) is 2. The van der Waals surface area contributed by atoms with Crippen molar-refractivity contribution in [3.05, 3.63) is 58.4 Å². The predicted octanol–water partition coefficient (Wildman–Crippen LogP) is 2.74. The number of nitrogens with two attached hydrogens (primary N) is 2. The van der Waals surface area contributed by atoms with Crippen molar-refractivity contribution in [3.8, 4) is 5.75 Å². The van der Waals surface area contributed by atoms with Gasteiger partial charge in [0.05, 0.1) is 5.69 Å². The molecule has 0 radical (unpaired) electrons. The first-order valence-electron chi connectivity index (χ1n) is 5.73. The van der Waals surface area contributed by atoms with Crippen LogP contribution in [0.25, 0.3) is 0 Å². The first-order chi connectivity index (χ1) is 9.47. The number of benzene rings is 2. The van der Waals surface area contributed by atoms with Gasteiger partial charge in [-0.05, 0) is 24.3 Å². The molecule has 0 heterocycles. The topological polar surface area (TPSA) is 78.3 Å². The van der Waals surface area contributed by atoms with Crippen molar-refractivity contribution in [2.75, 3.05) is 5.73 Å². The van der Waals surface area contributed by atoms with Crippen LogP contribution in [0.2, 0.25) is 5.02 Å². The molecule has 20 heavy (non-hydrogen) atoms. The molecule has 0 spiro atoms. The van der Waals surface area contributed by atoms with E-state index in [0.717, 1.165) is 0 Å². The Labute approximate surface area is 120 Å². The molecule has 2 rings (SSSR count). The highest BCUT2D eigenvalue weighted by molar-refractivity contribution is 6.31. The Morgan fingerprint density at radius 2 is 2.00 bits per heavy atom. The molecular formula is C14H12ClFN2O2. The average Bonchev–Trinajstić information content (AvgIpc) is 2.41. The van der Waals surface area contributed by atoms with E-state index < -0.39 is 11.7 Å². The monoisotopic (exact) mass is 294 g/mol. The van der Waals surface area contributed by atoms with E-state index in [9.17, 15) is 9.18 Å². The van der Waals surface area contributed by atoms with Gasteiger partial charge in [-0.3, -0.25) is 4.79 Å². The zero-order valence-corrected chi connectivity index (χ0v) is 11.2. The molecule has 104 valence electrons.